The second-order valence-corrected chi connectivity index (χ2v) is 11.0. The smallest absolute Gasteiger partial charge is 0.285 e. The van der Waals surface area contributed by atoms with Crippen molar-refractivity contribution in [3.05, 3.63) is 159 Å². The summed E-state index contributed by atoms with van der Waals surface area (Å²) in [7, 11) is 0. The first-order valence-electron chi connectivity index (χ1n) is 14.4. The summed E-state index contributed by atoms with van der Waals surface area (Å²) in [6, 6.07) is 25.1. The molecule has 3 nitrogen and oxygen atoms in total. The highest BCUT2D eigenvalue weighted by Crippen LogP contribution is 2.31. The van der Waals surface area contributed by atoms with Crippen LogP contribution < -0.4 is 5.56 Å². The van der Waals surface area contributed by atoms with E-state index in [9.17, 15) is 18.0 Å². The molecule has 1 aliphatic carbocycles. The highest BCUT2D eigenvalue weighted by molar-refractivity contribution is 5.36. The molecule has 1 atom stereocenters. The number of aromatic nitrogens is 2. The monoisotopic (exact) mass is 568 g/mol. The summed E-state index contributed by atoms with van der Waals surface area (Å²) < 4.78 is 41.0. The van der Waals surface area contributed by atoms with Crippen LogP contribution in [-0.4, -0.2) is 9.55 Å². The minimum atomic E-state index is -4.36. The van der Waals surface area contributed by atoms with Gasteiger partial charge in [-0.15, -0.1) is 6.58 Å². The maximum Gasteiger partial charge on any atom is 0.416 e. The predicted octanol–water partition coefficient (Wildman–Crippen LogP) is 8.31. The molecule has 0 aliphatic heterocycles. The maximum absolute atomic E-state index is 14.5. The number of hydrogen-bond acceptors (Lipinski definition) is 2. The molecule has 0 spiro atoms. The normalized spacial score (nSPS) is 14.2. The van der Waals surface area contributed by atoms with Crippen molar-refractivity contribution >= 4 is 0 Å². The van der Waals surface area contributed by atoms with E-state index in [0.717, 1.165) is 52.3 Å². The molecule has 0 fully saturated rings. The highest BCUT2D eigenvalue weighted by Gasteiger charge is 2.30. The molecule has 0 amide bonds. The first-order valence-corrected chi connectivity index (χ1v) is 14.4. The van der Waals surface area contributed by atoms with Gasteiger partial charge in [0.1, 0.15) is 5.82 Å². The van der Waals surface area contributed by atoms with E-state index < -0.39 is 11.7 Å². The number of fused-ring (bicyclic) bond motifs is 1. The fourth-order valence-electron chi connectivity index (χ4n) is 5.62. The van der Waals surface area contributed by atoms with Gasteiger partial charge in [-0.1, -0.05) is 97.4 Å². The van der Waals surface area contributed by atoms with Crippen LogP contribution in [0.25, 0.3) is 0 Å². The van der Waals surface area contributed by atoms with Gasteiger partial charge < -0.3 is 0 Å². The number of halogens is 3. The lowest BCUT2D eigenvalue weighted by Gasteiger charge is -2.26. The third-order valence-electron chi connectivity index (χ3n) is 8.07. The molecule has 0 N–H and O–H groups in total. The van der Waals surface area contributed by atoms with Crippen molar-refractivity contribution in [3.63, 3.8) is 0 Å². The third kappa shape index (κ3) is 6.64. The van der Waals surface area contributed by atoms with Crippen LogP contribution in [0.4, 0.5) is 13.2 Å². The van der Waals surface area contributed by atoms with E-state index in [1.807, 2.05) is 71.3 Å². The summed E-state index contributed by atoms with van der Waals surface area (Å²) in [4.78, 5) is 19.6. The molecule has 1 heterocycles. The summed E-state index contributed by atoms with van der Waals surface area (Å²) in [6.07, 6.45) is 3.39. The molecule has 0 saturated heterocycles. The van der Waals surface area contributed by atoms with Gasteiger partial charge >= 0.3 is 6.18 Å². The molecule has 216 valence electrons. The Morgan fingerprint density at radius 2 is 1.55 bits per heavy atom. The van der Waals surface area contributed by atoms with E-state index in [2.05, 4.69) is 19.6 Å². The minimum Gasteiger partial charge on any atom is -0.285 e. The molecule has 5 rings (SSSR count). The van der Waals surface area contributed by atoms with Crippen LogP contribution in [0.2, 0.25) is 0 Å². The Morgan fingerprint density at radius 1 is 0.929 bits per heavy atom. The molecule has 0 bridgehead atoms. The number of aryl methyl sites for hydroxylation is 2. The SMILES string of the molecule is C=CC(C)CCc1nc2c(c(=O)n1C(c1ccccc1)c1ccccc1)CC=C(Cc1ccc(C(F)(F)F)cc1)CC2. The number of alkyl halides is 3. The van der Waals surface area contributed by atoms with E-state index in [-0.39, 0.29) is 17.5 Å². The Labute approximate surface area is 245 Å². The number of rotatable bonds is 9. The summed E-state index contributed by atoms with van der Waals surface area (Å²) in [5, 5.41) is 0. The lowest BCUT2D eigenvalue weighted by atomic mass is 9.96. The topological polar surface area (TPSA) is 34.9 Å². The zero-order chi connectivity index (χ0) is 29.7. The van der Waals surface area contributed by atoms with Crippen molar-refractivity contribution in [2.24, 2.45) is 5.92 Å². The van der Waals surface area contributed by atoms with Crippen molar-refractivity contribution in [2.45, 2.75) is 57.7 Å². The second-order valence-electron chi connectivity index (χ2n) is 11.0. The Kier molecular flexibility index (Phi) is 8.91. The number of allylic oxidation sites excluding steroid dienone is 3. The lowest BCUT2D eigenvalue weighted by molar-refractivity contribution is -0.137. The fourth-order valence-corrected chi connectivity index (χ4v) is 5.62. The first-order chi connectivity index (χ1) is 20.2. The molecule has 6 heteroatoms. The van der Waals surface area contributed by atoms with Gasteiger partial charge in [0.15, 0.2) is 0 Å². The van der Waals surface area contributed by atoms with Crippen LogP contribution in [0.5, 0.6) is 0 Å². The van der Waals surface area contributed by atoms with Crippen molar-refractivity contribution in [1.29, 1.82) is 0 Å². The molecule has 3 aromatic carbocycles. The first kappa shape index (κ1) is 29.3. The van der Waals surface area contributed by atoms with Gasteiger partial charge in [0.25, 0.3) is 5.56 Å². The van der Waals surface area contributed by atoms with Crippen molar-refractivity contribution in [1.82, 2.24) is 9.55 Å². The highest BCUT2D eigenvalue weighted by atomic mass is 19.4. The average molecular weight is 569 g/mol. The fraction of sp³-hybridized carbons (Fsp3) is 0.278. The Hall–Kier alpha value is -4.19. The molecule has 42 heavy (non-hydrogen) atoms. The van der Waals surface area contributed by atoms with Gasteiger partial charge in [-0.3, -0.25) is 9.36 Å². The second kappa shape index (κ2) is 12.8. The molecule has 1 unspecified atom stereocenters. The van der Waals surface area contributed by atoms with Crippen molar-refractivity contribution < 1.29 is 13.2 Å². The summed E-state index contributed by atoms with van der Waals surface area (Å²) >= 11 is 0. The Bertz CT molecular complexity index is 1560. The zero-order valence-corrected chi connectivity index (χ0v) is 23.8. The number of nitrogens with zero attached hydrogens (tertiary/aromatic N) is 2. The summed E-state index contributed by atoms with van der Waals surface area (Å²) in [5.41, 5.74) is 4.76. The van der Waals surface area contributed by atoms with Crippen LogP contribution in [0.3, 0.4) is 0 Å². The largest absolute Gasteiger partial charge is 0.416 e. The van der Waals surface area contributed by atoms with E-state index in [0.29, 0.717) is 37.7 Å². The summed E-state index contributed by atoms with van der Waals surface area (Å²) in [6.45, 7) is 6.05. The predicted molar refractivity (Wildman–Crippen MR) is 162 cm³/mol. The molecular formula is C36H35F3N2O. The zero-order valence-electron chi connectivity index (χ0n) is 23.8. The molecule has 0 radical (unpaired) electrons. The lowest BCUT2D eigenvalue weighted by Crippen LogP contribution is -2.34. The number of hydrogen-bond donors (Lipinski definition) is 0. The van der Waals surface area contributed by atoms with Gasteiger partial charge in [-0.05, 0) is 66.8 Å². The van der Waals surface area contributed by atoms with Crippen molar-refractivity contribution in [3.8, 4) is 0 Å². The molecule has 4 aromatic rings. The average Bonchev–Trinajstić information content (AvgIpc) is 3.20. The third-order valence-corrected chi connectivity index (χ3v) is 8.07. The van der Waals surface area contributed by atoms with E-state index in [1.165, 1.54) is 12.1 Å². The quantitative estimate of drug-likeness (QED) is 0.190. The van der Waals surface area contributed by atoms with Gasteiger partial charge in [0.05, 0.1) is 17.3 Å². The summed E-state index contributed by atoms with van der Waals surface area (Å²) in [5.74, 6) is 1.04. The Balaban J connectivity index is 1.54. The molecular weight excluding hydrogens is 533 g/mol. The van der Waals surface area contributed by atoms with Crippen molar-refractivity contribution in [2.75, 3.05) is 0 Å². The number of benzene rings is 3. The van der Waals surface area contributed by atoms with Crippen LogP contribution in [-0.2, 0) is 31.9 Å². The van der Waals surface area contributed by atoms with Gasteiger partial charge in [-0.2, -0.15) is 13.2 Å². The van der Waals surface area contributed by atoms with Gasteiger partial charge in [0.2, 0.25) is 0 Å². The maximum atomic E-state index is 14.5. The van der Waals surface area contributed by atoms with E-state index >= 15 is 0 Å². The Morgan fingerprint density at radius 3 is 2.12 bits per heavy atom. The standard InChI is InChI=1S/C36H35F3N2O/c1-3-25(2)14-23-33-40-32-22-18-27(24-26-15-19-30(20-16-26)36(37,38)39)17-21-31(32)35(42)41(33)34(28-10-6-4-7-11-28)29-12-8-5-9-13-29/h3-13,15-17,19-20,25,34H,1,14,18,21-24H2,2H3. The molecule has 1 aliphatic rings. The van der Waals surface area contributed by atoms with Crippen LogP contribution >= 0.6 is 0 Å². The minimum absolute atomic E-state index is 0.0361. The van der Waals surface area contributed by atoms with E-state index in [1.54, 1.807) is 0 Å². The molecule has 0 saturated carbocycles. The van der Waals surface area contributed by atoms with Gasteiger partial charge in [-0.25, -0.2) is 4.98 Å². The molecule has 1 aromatic heterocycles. The van der Waals surface area contributed by atoms with Crippen LogP contribution in [0.15, 0.2) is 114 Å². The van der Waals surface area contributed by atoms with E-state index in [4.69, 9.17) is 4.98 Å². The van der Waals surface area contributed by atoms with Crippen LogP contribution in [0.1, 0.15) is 65.1 Å². The van der Waals surface area contributed by atoms with Crippen LogP contribution in [0, 0.1) is 5.92 Å². The van der Waals surface area contributed by atoms with Gasteiger partial charge in [0, 0.05) is 12.0 Å².